The van der Waals surface area contributed by atoms with E-state index in [-0.39, 0.29) is 0 Å². The van der Waals surface area contributed by atoms with Gasteiger partial charge in [0.2, 0.25) is 0 Å². The van der Waals surface area contributed by atoms with Gasteiger partial charge < -0.3 is 32.2 Å². The van der Waals surface area contributed by atoms with Crippen LogP contribution in [0.15, 0.2) is 165 Å². The largest absolute Gasteiger partial charge is 0.530 e. The molecular weight excluding hydrogens is 642 g/mol. The second kappa shape index (κ2) is 19.6. The van der Waals surface area contributed by atoms with Gasteiger partial charge in [-0.3, -0.25) is 0 Å². The lowest BCUT2D eigenvalue weighted by Gasteiger charge is -2.25. The smallest absolute Gasteiger partial charge is 0.449 e. The fraction of sp³-hybridized carbons (Fsp3) is 0.0769. The molecule has 1 aliphatic rings. The second-order valence-electron chi connectivity index (χ2n) is 9.79. The van der Waals surface area contributed by atoms with E-state index in [1.165, 1.54) is 0 Å². The number of fused-ring (bicyclic) bond motifs is 2. The van der Waals surface area contributed by atoms with Crippen molar-refractivity contribution in [1.29, 1.82) is 0 Å². The minimum absolute atomic E-state index is 0.367. The van der Waals surface area contributed by atoms with Crippen LogP contribution in [-0.2, 0) is 6.42 Å². The van der Waals surface area contributed by atoms with Gasteiger partial charge in [-0.1, -0.05) is 117 Å². The molecule has 0 bridgehead atoms. The average molecular weight is 681 g/mol. The molecular formula is C39H38O7P2. The lowest BCUT2D eigenvalue weighted by Crippen LogP contribution is -2.08. The van der Waals surface area contributed by atoms with E-state index < -0.39 is 17.2 Å². The lowest BCUT2D eigenvalue weighted by molar-refractivity contribution is 0.355. The molecule has 0 amide bonds. The molecule has 7 nitrogen and oxygen atoms in total. The summed E-state index contributed by atoms with van der Waals surface area (Å²) in [5.74, 6) is 3.58. The Morgan fingerprint density at radius 3 is 1.42 bits per heavy atom. The minimum atomic E-state index is -2.24. The molecule has 6 rings (SSSR count). The van der Waals surface area contributed by atoms with Crippen molar-refractivity contribution < 1.29 is 32.2 Å². The van der Waals surface area contributed by atoms with E-state index in [0.29, 0.717) is 46.7 Å². The Hall–Kier alpha value is -5.06. The van der Waals surface area contributed by atoms with Crippen LogP contribution < -0.4 is 27.4 Å². The van der Waals surface area contributed by atoms with Crippen LogP contribution in [0.25, 0.3) is 0 Å². The molecule has 1 N–H and O–H groups in total. The third-order valence-electron chi connectivity index (χ3n) is 6.28. The van der Waals surface area contributed by atoms with Crippen LogP contribution >= 0.6 is 17.2 Å². The topological polar surface area (TPSA) is 75.6 Å². The Morgan fingerprint density at radius 2 is 1.00 bits per heavy atom. The number of benzene rings is 5. The van der Waals surface area contributed by atoms with Gasteiger partial charge in [-0.05, 0) is 55.0 Å². The second-order valence-corrected chi connectivity index (χ2v) is 11.6. The van der Waals surface area contributed by atoms with Crippen LogP contribution in [-0.4, -0.2) is 4.89 Å². The van der Waals surface area contributed by atoms with Crippen molar-refractivity contribution in [3.05, 3.63) is 176 Å². The number of hydrogen-bond acceptors (Lipinski definition) is 7. The van der Waals surface area contributed by atoms with Crippen LogP contribution in [0.1, 0.15) is 24.5 Å². The van der Waals surface area contributed by atoms with Crippen molar-refractivity contribution in [2.75, 3.05) is 0 Å². The number of ether oxygens (including phenoxy) is 1. The van der Waals surface area contributed by atoms with Crippen molar-refractivity contribution in [1.82, 2.24) is 0 Å². The third-order valence-corrected chi connectivity index (χ3v) is 8.07. The zero-order chi connectivity index (χ0) is 34.0. The first kappa shape index (κ1) is 35.8. The van der Waals surface area contributed by atoms with Crippen molar-refractivity contribution in [2.45, 2.75) is 19.8 Å². The highest BCUT2D eigenvalue weighted by Crippen LogP contribution is 2.52. The summed E-state index contributed by atoms with van der Waals surface area (Å²) in [5, 5.41) is 0. The van der Waals surface area contributed by atoms with Crippen LogP contribution in [0, 0.1) is 0 Å². The summed E-state index contributed by atoms with van der Waals surface area (Å²) in [7, 11) is -4.13. The quantitative estimate of drug-likeness (QED) is 0.0783. The van der Waals surface area contributed by atoms with Gasteiger partial charge in [0.05, 0.1) is 0 Å². The minimum Gasteiger partial charge on any atom is -0.449 e. The monoisotopic (exact) mass is 680 g/mol. The first-order chi connectivity index (χ1) is 23.5. The van der Waals surface area contributed by atoms with E-state index in [9.17, 15) is 4.89 Å². The Balaban J connectivity index is 0.000000588. The molecule has 0 aromatic heterocycles. The molecule has 0 spiro atoms. The van der Waals surface area contributed by atoms with Gasteiger partial charge in [0.15, 0.2) is 23.0 Å². The van der Waals surface area contributed by atoms with Crippen molar-refractivity contribution in [3.63, 3.8) is 0 Å². The fourth-order valence-corrected chi connectivity index (χ4v) is 5.68. The highest BCUT2D eigenvalue weighted by Gasteiger charge is 2.28. The molecule has 1 atom stereocenters. The summed E-state index contributed by atoms with van der Waals surface area (Å²) in [6, 6.07) is 39.0. The third kappa shape index (κ3) is 11.0. The predicted molar refractivity (Wildman–Crippen MR) is 195 cm³/mol. The molecule has 0 saturated carbocycles. The summed E-state index contributed by atoms with van der Waals surface area (Å²) in [4.78, 5) is 10.5. The molecule has 0 radical (unpaired) electrons. The van der Waals surface area contributed by atoms with Crippen LogP contribution in [0.5, 0.6) is 40.2 Å². The Labute approximate surface area is 285 Å². The number of allylic oxidation sites excluding steroid dienone is 3. The van der Waals surface area contributed by atoms with E-state index in [1.54, 1.807) is 30.4 Å². The van der Waals surface area contributed by atoms with Crippen LogP contribution in [0.4, 0.5) is 0 Å². The number of rotatable bonds is 12. The summed E-state index contributed by atoms with van der Waals surface area (Å²) < 4.78 is 36.3. The Kier molecular flexibility index (Phi) is 14.6. The molecule has 5 aromatic carbocycles. The average Bonchev–Trinajstić information content (AvgIpc) is 3.12. The summed E-state index contributed by atoms with van der Waals surface area (Å²) in [6.07, 6.45) is 6.82. The molecule has 0 aliphatic carbocycles. The summed E-state index contributed by atoms with van der Waals surface area (Å²) in [6.45, 7) is 12.3. The van der Waals surface area contributed by atoms with Gasteiger partial charge >= 0.3 is 17.2 Å². The highest BCUT2D eigenvalue weighted by atomic mass is 31.2. The molecule has 5 aromatic rings. The van der Waals surface area contributed by atoms with E-state index in [4.69, 9.17) is 27.4 Å². The van der Waals surface area contributed by atoms with Gasteiger partial charge in [0.25, 0.3) is 0 Å². The Bertz CT molecular complexity index is 1670. The summed E-state index contributed by atoms with van der Waals surface area (Å²) >= 11 is 0. The Morgan fingerprint density at radius 1 is 0.583 bits per heavy atom. The van der Waals surface area contributed by atoms with Crippen LogP contribution in [0.3, 0.4) is 0 Å². The van der Waals surface area contributed by atoms with Gasteiger partial charge in [-0.25, -0.2) is 0 Å². The van der Waals surface area contributed by atoms with Gasteiger partial charge in [-0.2, -0.15) is 0 Å². The van der Waals surface area contributed by atoms with Gasteiger partial charge in [0, 0.05) is 17.5 Å². The molecule has 0 saturated heterocycles. The lowest BCUT2D eigenvalue weighted by atomic mass is 10.00. The molecule has 1 aliphatic heterocycles. The molecule has 1 heterocycles. The van der Waals surface area contributed by atoms with Crippen molar-refractivity contribution >= 4 is 17.2 Å². The predicted octanol–water partition coefficient (Wildman–Crippen LogP) is 11.8. The maximum absolute atomic E-state index is 10.5. The van der Waals surface area contributed by atoms with Crippen LogP contribution in [0.2, 0.25) is 0 Å². The zero-order valence-corrected chi connectivity index (χ0v) is 28.5. The molecule has 48 heavy (non-hydrogen) atoms. The summed E-state index contributed by atoms with van der Waals surface area (Å²) in [5.41, 5.74) is 1.84. The first-order valence-electron chi connectivity index (χ1n) is 15.1. The van der Waals surface area contributed by atoms with Gasteiger partial charge in [0.1, 0.15) is 17.2 Å². The molecule has 0 fully saturated rings. The van der Waals surface area contributed by atoms with E-state index in [0.717, 1.165) is 17.5 Å². The van der Waals surface area contributed by atoms with Crippen molar-refractivity contribution in [3.8, 4) is 40.2 Å². The van der Waals surface area contributed by atoms with Crippen molar-refractivity contribution in [2.24, 2.45) is 0 Å². The number of para-hydroxylation sites is 5. The molecule has 1 unspecified atom stereocenters. The highest BCUT2D eigenvalue weighted by molar-refractivity contribution is 7.43. The first-order valence-corrected chi connectivity index (χ1v) is 17.4. The molecule has 246 valence electrons. The van der Waals surface area contributed by atoms with E-state index in [2.05, 4.69) is 26.7 Å². The fourth-order valence-electron chi connectivity index (χ4n) is 4.03. The maximum atomic E-state index is 10.5. The molecule has 9 heteroatoms. The van der Waals surface area contributed by atoms with E-state index >= 15 is 0 Å². The standard InChI is InChI=1S/C31H24O7P2.C4H8.C4H6/c32-39(34-25-14-4-1-5-15-25)37-28-20-10-12-23-22-24-13-11-21-29(31(24)33-30(23)28)38-40(35-26-16-6-2-7-17-26)36-27-18-8-3-9-19-27;2*1-3-4-2/h1-21,32H,22H2;3H,1,4H2,2H3;3-4H,1-2H2. The zero-order valence-electron chi connectivity index (χ0n) is 26.7. The number of hydrogen-bond donors (Lipinski definition) is 1. The normalized spacial score (nSPS) is 11.2. The van der Waals surface area contributed by atoms with E-state index in [1.807, 2.05) is 115 Å². The SMILES string of the molecule is C=CC=C.C=CCC.OP(Oc1ccccc1)Oc1cccc2c1Oc1c(cccc1OP(Oc1ccccc1)Oc1ccccc1)C2. The maximum Gasteiger partial charge on any atom is 0.530 e. The van der Waals surface area contributed by atoms with Gasteiger partial charge in [-0.15, -0.1) is 6.58 Å².